The van der Waals surface area contributed by atoms with Gasteiger partial charge in [0.15, 0.2) is 0 Å². The normalized spacial score (nSPS) is 13.0. The molecule has 0 saturated heterocycles. The van der Waals surface area contributed by atoms with Crippen LogP contribution in [0.15, 0.2) is 35.2 Å². The molecule has 0 bridgehead atoms. The van der Waals surface area contributed by atoms with Crippen LogP contribution in [-0.2, 0) is 0 Å². The summed E-state index contributed by atoms with van der Waals surface area (Å²) in [5.41, 5.74) is 0. The Balaban J connectivity index is 2.15. The zero-order valence-corrected chi connectivity index (χ0v) is 11.5. The van der Waals surface area contributed by atoms with E-state index >= 15 is 0 Å². The van der Waals surface area contributed by atoms with Gasteiger partial charge in [-0.25, -0.2) is 0 Å². The first-order chi connectivity index (χ1) is 7.72. The Bertz CT molecular complexity index is 273. The first kappa shape index (κ1) is 13.6. The van der Waals surface area contributed by atoms with Crippen molar-refractivity contribution < 1.29 is 0 Å². The molecule has 16 heavy (non-hydrogen) atoms. The minimum atomic E-state index is 0.812. The number of nitrogens with zero attached hydrogens (tertiary/aromatic N) is 1. The molecule has 0 aliphatic heterocycles. The maximum Gasteiger partial charge on any atom is 0.0108 e. The second kappa shape index (κ2) is 7.75. The third kappa shape index (κ3) is 5.57. The van der Waals surface area contributed by atoms with Gasteiger partial charge in [-0.1, -0.05) is 38.5 Å². The third-order valence-corrected chi connectivity index (χ3v) is 3.80. The third-order valence-electron chi connectivity index (χ3n) is 2.81. The van der Waals surface area contributed by atoms with Crippen LogP contribution in [-0.4, -0.2) is 30.8 Å². The summed E-state index contributed by atoms with van der Waals surface area (Å²) in [6, 6.07) is 10.6. The molecule has 0 radical (unpaired) electrons. The second-order valence-corrected chi connectivity index (χ2v) is 5.61. The molecule has 1 atom stereocenters. The van der Waals surface area contributed by atoms with Crippen LogP contribution in [0.1, 0.15) is 20.3 Å². The van der Waals surface area contributed by atoms with E-state index in [-0.39, 0.29) is 0 Å². The van der Waals surface area contributed by atoms with Crippen LogP contribution in [0.2, 0.25) is 0 Å². The summed E-state index contributed by atoms with van der Waals surface area (Å²) < 4.78 is 0. The van der Waals surface area contributed by atoms with Crippen molar-refractivity contribution in [1.82, 2.24) is 4.90 Å². The van der Waals surface area contributed by atoms with E-state index in [0.29, 0.717) is 0 Å². The summed E-state index contributed by atoms with van der Waals surface area (Å²) in [4.78, 5) is 3.81. The SMILES string of the molecule is CCC(C)CN(C)CCSc1ccccc1. The van der Waals surface area contributed by atoms with Crippen molar-refractivity contribution in [2.75, 3.05) is 25.9 Å². The number of benzene rings is 1. The average Bonchev–Trinajstić information content (AvgIpc) is 2.30. The molecule has 2 heteroatoms. The predicted octanol–water partition coefficient (Wildman–Crippen LogP) is 3.76. The molecular weight excluding hydrogens is 214 g/mol. The highest BCUT2D eigenvalue weighted by Crippen LogP contribution is 2.16. The van der Waals surface area contributed by atoms with Crippen molar-refractivity contribution in [1.29, 1.82) is 0 Å². The van der Waals surface area contributed by atoms with Gasteiger partial charge >= 0.3 is 0 Å². The second-order valence-electron chi connectivity index (χ2n) is 4.44. The molecule has 0 aromatic heterocycles. The molecule has 1 aromatic carbocycles. The zero-order valence-electron chi connectivity index (χ0n) is 10.6. The molecule has 1 rings (SSSR count). The fourth-order valence-corrected chi connectivity index (χ4v) is 2.58. The van der Waals surface area contributed by atoms with Crippen LogP contribution in [0.4, 0.5) is 0 Å². The Morgan fingerprint density at radius 1 is 1.25 bits per heavy atom. The summed E-state index contributed by atoms with van der Waals surface area (Å²) in [5, 5.41) is 0. The quantitative estimate of drug-likeness (QED) is 0.664. The number of rotatable bonds is 7. The van der Waals surface area contributed by atoms with Crippen molar-refractivity contribution in [3.63, 3.8) is 0 Å². The van der Waals surface area contributed by atoms with Gasteiger partial charge in [0.05, 0.1) is 0 Å². The van der Waals surface area contributed by atoms with Crippen LogP contribution in [0, 0.1) is 5.92 Å². The van der Waals surface area contributed by atoms with Gasteiger partial charge in [0.2, 0.25) is 0 Å². The molecule has 0 heterocycles. The summed E-state index contributed by atoms with van der Waals surface area (Å²) in [7, 11) is 2.22. The monoisotopic (exact) mass is 237 g/mol. The van der Waals surface area contributed by atoms with Gasteiger partial charge in [-0.3, -0.25) is 0 Å². The maximum atomic E-state index is 2.43. The van der Waals surface area contributed by atoms with E-state index in [1.807, 2.05) is 11.8 Å². The fourth-order valence-electron chi connectivity index (χ4n) is 1.59. The summed E-state index contributed by atoms with van der Waals surface area (Å²) in [5.74, 6) is 1.99. The molecule has 1 unspecified atom stereocenters. The molecule has 0 aliphatic rings. The minimum absolute atomic E-state index is 0.812. The lowest BCUT2D eigenvalue weighted by Gasteiger charge is -2.19. The highest BCUT2D eigenvalue weighted by molar-refractivity contribution is 7.99. The molecule has 0 aliphatic carbocycles. The van der Waals surface area contributed by atoms with Gasteiger partial charge < -0.3 is 4.90 Å². The predicted molar refractivity (Wildman–Crippen MR) is 74.1 cm³/mol. The lowest BCUT2D eigenvalue weighted by atomic mass is 10.1. The number of hydrogen-bond acceptors (Lipinski definition) is 2. The molecule has 1 aromatic rings. The smallest absolute Gasteiger partial charge is 0.0108 e. The standard InChI is InChI=1S/C14H23NS/c1-4-13(2)12-15(3)10-11-16-14-8-6-5-7-9-14/h5-9,13H,4,10-12H2,1-3H3. The highest BCUT2D eigenvalue weighted by Gasteiger charge is 2.03. The van der Waals surface area contributed by atoms with Gasteiger partial charge in [0.1, 0.15) is 0 Å². The Hall–Kier alpha value is -0.470. The van der Waals surface area contributed by atoms with Gasteiger partial charge in [0, 0.05) is 23.7 Å². The largest absolute Gasteiger partial charge is 0.305 e. The molecule has 0 spiro atoms. The van der Waals surface area contributed by atoms with E-state index < -0.39 is 0 Å². The van der Waals surface area contributed by atoms with Crippen molar-refractivity contribution in [3.05, 3.63) is 30.3 Å². The van der Waals surface area contributed by atoms with Crippen LogP contribution in [0.25, 0.3) is 0 Å². The number of thioether (sulfide) groups is 1. The highest BCUT2D eigenvalue weighted by atomic mass is 32.2. The molecule has 0 fully saturated rings. The van der Waals surface area contributed by atoms with Crippen molar-refractivity contribution >= 4 is 11.8 Å². The van der Waals surface area contributed by atoms with E-state index in [4.69, 9.17) is 0 Å². The lowest BCUT2D eigenvalue weighted by molar-refractivity contribution is 0.297. The van der Waals surface area contributed by atoms with Gasteiger partial charge in [-0.2, -0.15) is 0 Å². The van der Waals surface area contributed by atoms with Crippen molar-refractivity contribution in [3.8, 4) is 0 Å². The summed E-state index contributed by atoms with van der Waals surface area (Å²) in [6.07, 6.45) is 1.27. The molecule has 0 amide bonds. The average molecular weight is 237 g/mol. The summed E-state index contributed by atoms with van der Waals surface area (Å²) in [6.45, 7) is 6.97. The topological polar surface area (TPSA) is 3.24 Å². The van der Waals surface area contributed by atoms with Crippen LogP contribution < -0.4 is 0 Å². The Morgan fingerprint density at radius 2 is 1.94 bits per heavy atom. The minimum Gasteiger partial charge on any atom is -0.305 e. The molecule has 90 valence electrons. The van der Waals surface area contributed by atoms with Crippen LogP contribution in [0.5, 0.6) is 0 Å². The van der Waals surface area contributed by atoms with E-state index in [9.17, 15) is 0 Å². The molecule has 0 saturated carbocycles. The summed E-state index contributed by atoms with van der Waals surface area (Å²) >= 11 is 1.94. The Morgan fingerprint density at radius 3 is 2.56 bits per heavy atom. The Kier molecular flexibility index (Phi) is 6.58. The van der Waals surface area contributed by atoms with Gasteiger partial charge in [-0.05, 0) is 25.1 Å². The van der Waals surface area contributed by atoms with E-state index in [0.717, 1.165) is 5.92 Å². The van der Waals surface area contributed by atoms with Crippen molar-refractivity contribution in [2.45, 2.75) is 25.2 Å². The first-order valence-electron chi connectivity index (χ1n) is 6.08. The van der Waals surface area contributed by atoms with Gasteiger partial charge in [-0.15, -0.1) is 11.8 Å². The van der Waals surface area contributed by atoms with E-state index in [2.05, 4.69) is 56.1 Å². The van der Waals surface area contributed by atoms with Gasteiger partial charge in [0.25, 0.3) is 0 Å². The molecule has 1 nitrogen and oxygen atoms in total. The van der Waals surface area contributed by atoms with E-state index in [1.165, 1.54) is 30.2 Å². The van der Waals surface area contributed by atoms with Crippen molar-refractivity contribution in [2.24, 2.45) is 5.92 Å². The maximum absolute atomic E-state index is 2.43. The van der Waals surface area contributed by atoms with Crippen LogP contribution in [0.3, 0.4) is 0 Å². The number of hydrogen-bond donors (Lipinski definition) is 0. The van der Waals surface area contributed by atoms with E-state index in [1.54, 1.807) is 0 Å². The molecule has 0 N–H and O–H groups in total. The fraction of sp³-hybridized carbons (Fsp3) is 0.571. The lowest BCUT2D eigenvalue weighted by Crippen LogP contribution is -2.26. The van der Waals surface area contributed by atoms with Crippen LogP contribution >= 0.6 is 11.8 Å². The molecular formula is C14H23NS. The zero-order chi connectivity index (χ0) is 11.8. The Labute approximate surface area is 104 Å². The first-order valence-corrected chi connectivity index (χ1v) is 7.07.